The van der Waals surface area contributed by atoms with Gasteiger partial charge in [0.15, 0.2) is 0 Å². The molecular formula is C12H8Cl2N2O2. The minimum atomic E-state index is -0.487. The van der Waals surface area contributed by atoms with Crippen molar-refractivity contribution in [1.29, 1.82) is 0 Å². The number of aromatic nitrogens is 1. The lowest BCUT2D eigenvalue weighted by Crippen LogP contribution is -2.12. The van der Waals surface area contributed by atoms with E-state index in [1.807, 2.05) is 0 Å². The molecule has 0 radical (unpaired) electrons. The lowest BCUT2D eigenvalue weighted by Gasteiger charge is -2.08. The van der Waals surface area contributed by atoms with Crippen molar-refractivity contribution in [3.63, 3.8) is 0 Å². The number of amides is 1. The van der Waals surface area contributed by atoms with Crippen LogP contribution in [0, 0.1) is 0 Å². The number of rotatable bonds is 2. The van der Waals surface area contributed by atoms with Crippen LogP contribution in [0.25, 0.3) is 0 Å². The van der Waals surface area contributed by atoms with E-state index in [0.717, 1.165) is 0 Å². The summed E-state index contributed by atoms with van der Waals surface area (Å²) in [6, 6.07) is 6.12. The first-order valence-corrected chi connectivity index (χ1v) is 5.73. The molecule has 1 aromatic carbocycles. The van der Waals surface area contributed by atoms with Crippen LogP contribution in [0.3, 0.4) is 0 Å². The molecule has 0 aliphatic rings. The Morgan fingerprint density at radius 2 is 2.06 bits per heavy atom. The Kier molecular flexibility index (Phi) is 3.69. The molecule has 0 unspecified atom stereocenters. The zero-order chi connectivity index (χ0) is 13.1. The van der Waals surface area contributed by atoms with Crippen LogP contribution in [0.2, 0.25) is 10.0 Å². The third-order valence-corrected chi connectivity index (χ3v) is 2.79. The zero-order valence-electron chi connectivity index (χ0n) is 9.02. The van der Waals surface area contributed by atoms with Crippen molar-refractivity contribution < 1.29 is 9.90 Å². The van der Waals surface area contributed by atoms with Gasteiger partial charge < -0.3 is 10.4 Å². The first-order valence-electron chi connectivity index (χ1n) is 4.97. The number of nitrogens with one attached hydrogen (secondary N) is 1. The highest BCUT2D eigenvalue weighted by atomic mass is 35.5. The van der Waals surface area contributed by atoms with Crippen molar-refractivity contribution >= 4 is 34.8 Å². The van der Waals surface area contributed by atoms with Gasteiger partial charge in [-0.1, -0.05) is 23.2 Å². The van der Waals surface area contributed by atoms with E-state index in [-0.39, 0.29) is 11.3 Å². The van der Waals surface area contributed by atoms with Gasteiger partial charge in [0.05, 0.1) is 22.5 Å². The van der Waals surface area contributed by atoms with Gasteiger partial charge in [0.2, 0.25) is 0 Å². The molecule has 0 bridgehead atoms. The van der Waals surface area contributed by atoms with Crippen molar-refractivity contribution in [1.82, 2.24) is 4.98 Å². The van der Waals surface area contributed by atoms with E-state index < -0.39 is 5.91 Å². The van der Waals surface area contributed by atoms with Crippen LogP contribution >= 0.6 is 23.2 Å². The molecule has 2 N–H and O–H groups in total. The molecule has 0 saturated carbocycles. The number of halogens is 2. The maximum Gasteiger partial charge on any atom is 0.259 e. The van der Waals surface area contributed by atoms with E-state index in [0.29, 0.717) is 15.7 Å². The van der Waals surface area contributed by atoms with Crippen LogP contribution in [-0.4, -0.2) is 16.0 Å². The van der Waals surface area contributed by atoms with Crippen LogP contribution in [0.5, 0.6) is 5.75 Å². The quantitative estimate of drug-likeness (QED) is 0.888. The van der Waals surface area contributed by atoms with Crippen LogP contribution < -0.4 is 5.32 Å². The molecular weight excluding hydrogens is 275 g/mol. The molecule has 92 valence electrons. The van der Waals surface area contributed by atoms with Crippen LogP contribution in [0.15, 0.2) is 36.7 Å². The Bertz CT molecular complexity index is 602. The second-order valence-corrected chi connectivity index (χ2v) is 4.31. The predicted molar refractivity (Wildman–Crippen MR) is 70.3 cm³/mol. The second-order valence-electron chi connectivity index (χ2n) is 3.47. The van der Waals surface area contributed by atoms with Crippen molar-refractivity contribution in [3.8, 4) is 5.75 Å². The minimum Gasteiger partial charge on any atom is -0.505 e. The van der Waals surface area contributed by atoms with Crippen molar-refractivity contribution in [2.24, 2.45) is 0 Å². The Morgan fingerprint density at radius 1 is 1.28 bits per heavy atom. The summed E-state index contributed by atoms with van der Waals surface area (Å²) in [5.41, 5.74) is 0.492. The summed E-state index contributed by atoms with van der Waals surface area (Å²) in [5.74, 6) is -0.688. The van der Waals surface area contributed by atoms with E-state index in [1.165, 1.54) is 24.5 Å². The number of hydrogen-bond donors (Lipinski definition) is 2. The average Bonchev–Trinajstić information content (AvgIpc) is 2.34. The molecule has 0 fully saturated rings. The first kappa shape index (κ1) is 12.7. The number of benzene rings is 1. The normalized spacial score (nSPS) is 10.1. The van der Waals surface area contributed by atoms with Crippen LogP contribution in [0.1, 0.15) is 10.4 Å². The van der Waals surface area contributed by atoms with Crippen LogP contribution in [-0.2, 0) is 0 Å². The summed E-state index contributed by atoms with van der Waals surface area (Å²) in [6.07, 6.45) is 2.60. The van der Waals surface area contributed by atoms with Crippen molar-refractivity contribution in [3.05, 3.63) is 52.3 Å². The third-order valence-electron chi connectivity index (χ3n) is 2.22. The predicted octanol–water partition coefficient (Wildman–Crippen LogP) is 3.35. The molecule has 0 spiro atoms. The van der Waals surface area contributed by atoms with Gasteiger partial charge in [0, 0.05) is 11.2 Å². The number of hydrogen-bond acceptors (Lipinski definition) is 3. The van der Waals surface area contributed by atoms with E-state index in [9.17, 15) is 9.90 Å². The molecule has 0 aliphatic carbocycles. The maximum atomic E-state index is 11.9. The summed E-state index contributed by atoms with van der Waals surface area (Å²) in [6.45, 7) is 0. The van der Waals surface area contributed by atoms with Gasteiger partial charge in [-0.05, 0) is 24.3 Å². The fourth-order valence-corrected chi connectivity index (χ4v) is 1.70. The fraction of sp³-hybridized carbons (Fsp3) is 0. The largest absolute Gasteiger partial charge is 0.505 e. The Labute approximate surface area is 113 Å². The van der Waals surface area contributed by atoms with Gasteiger partial charge in [-0.3, -0.25) is 9.78 Å². The molecule has 6 heteroatoms. The molecule has 2 aromatic rings. The number of carbonyl (C=O) groups is 1. The second kappa shape index (κ2) is 5.25. The lowest BCUT2D eigenvalue weighted by atomic mass is 10.2. The number of nitrogens with zero attached hydrogens (tertiary/aromatic N) is 1. The van der Waals surface area contributed by atoms with Gasteiger partial charge in [-0.2, -0.15) is 0 Å². The molecule has 0 aliphatic heterocycles. The monoisotopic (exact) mass is 282 g/mol. The highest BCUT2D eigenvalue weighted by Gasteiger charge is 2.12. The molecule has 0 atom stereocenters. The highest BCUT2D eigenvalue weighted by molar-refractivity contribution is 6.35. The Morgan fingerprint density at radius 3 is 2.78 bits per heavy atom. The highest BCUT2D eigenvalue weighted by Crippen LogP contribution is 2.26. The molecule has 18 heavy (non-hydrogen) atoms. The number of pyridine rings is 1. The molecule has 4 nitrogen and oxygen atoms in total. The van der Waals surface area contributed by atoms with Crippen molar-refractivity contribution in [2.45, 2.75) is 0 Å². The SMILES string of the molecule is O=C(Nc1cc(Cl)ccc1Cl)c1ccncc1O. The minimum absolute atomic E-state index is 0.112. The number of aromatic hydroxyl groups is 1. The average molecular weight is 283 g/mol. The molecule has 1 aromatic heterocycles. The molecule has 1 amide bonds. The molecule has 2 rings (SSSR count). The smallest absolute Gasteiger partial charge is 0.259 e. The van der Waals surface area contributed by atoms with E-state index in [4.69, 9.17) is 23.2 Å². The summed E-state index contributed by atoms with van der Waals surface area (Å²) < 4.78 is 0. The molecule has 0 saturated heterocycles. The Hall–Kier alpha value is -1.78. The van der Waals surface area contributed by atoms with Gasteiger partial charge >= 0.3 is 0 Å². The topological polar surface area (TPSA) is 62.2 Å². The van der Waals surface area contributed by atoms with Gasteiger partial charge in [-0.15, -0.1) is 0 Å². The number of carbonyl (C=O) groups excluding carboxylic acids is 1. The maximum absolute atomic E-state index is 11.9. The van der Waals surface area contributed by atoms with Gasteiger partial charge in [0.1, 0.15) is 5.75 Å². The van der Waals surface area contributed by atoms with E-state index in [1.54, 1.807) is 12.1 Å². The molecule has 1 heterocycles. The summed E-state index contributed by atoms with van der Waals surface area (Å²) >= 11 is 11.7. The summed E-state index contributed by atoms with van der Waals surface area (Å²) in [5, 5.41) is 12.9. The fourth-order valence-electron chi connectivity index (χ4n) is 1.36. The summed E-state index contributed by atoms with van der Waals surface area (Å²) in [4.78, 5) is 15.6. The first-order chi connectivity index (χ1) is 8.58. The zero-order valence-corrected chi connectivity index (χ0v) is 10.5. The van der Waals surface area contributed by atoms with Crippen molar-refractivity contribution in [2.75, 3.05) is 5.32 Å². The van der Waals surface area contributed by atoms with E-state index in [2.05, 4.69) is 10.3 Å². The van der Waals surface area contributed by atoms with Crippen LogP contribution in [0.4, 0.5) is 5.69 Å². The summed E-state index contributed by atoms with van der Waals surface area (Å²) in [7, 11) is 0. The van der Waals surface area contributed by atoms with Gasteiger partial charge in [0.25, 0.3) is 5.91 Å². The van der Waals surface area contributed by atoms with E-state index >= 15 is 0 Å². The third kappa shape index (κ3) is 2.72. The number of anilines is 1. The Balaban J connectivity index is 2.27. The standard InChI is InChI=1S/C12H8Cl2N2O2/c13-7-1-2-9(14)10(5-7)16-12(18)8-3-4-15-6-11(8)17/h1-6,17H,(H,16,18). The lowest BCUT2D eigenvalue weighted by molar-refractivity contribution is 0.102. The van der Waals surface area contributed by atoms with Gasteiger partial charge in [-0.25, -0.2) is 0 Å².